The Morgan fingerprint density at radius 1 is 1.70 bits per heavy atom. The second-order valence-electron chi connectivity index (χ2n) is 2.62. The number of carboxylic acid groups (broad SMARTS) is 1. The van der Waals surface area contributed by atoms with Gasteiger partial charge >= 0.3 is 5.97 Å². The van der Waals surface area contributed by atoms with Gasteiger partial charge in [0.25, 0.3) is 5.92 Å². The van der Waals surface area contributed by atoms with Gasteiger partial charge in [-0.1, -0.05) is 6.92 Å². The Morgan fingerprint density at radius 3 is 2.10 bits per heavy atom. The first-order valence-electron chi connectivity index (χ1n) is 3.07. The van der Waals surface area contributed by atoms with E-state index in [4.69, 9.17) is 5.11 Å². The van der Waals surface area contributed by atoms with E-state index in [0.717, 1.165) is 0 Å². The molecule has 1 saturated carbocycles. The van der Waals surface area contributed by atoms with Crippen molar-refractivity contribution in [1.29, 1.82) is 0 Å². The van der Waals surface area contributed by atoms with Gasteiger partial charge in [-0.2, -0.15) is 0 Å². The zero-order valence-corrected chi connectivity index (χ0v) is 5.53. The molecule has 0 aliphatic heterocycles. The number of hydrogen-bond donors (Lipinski definition) is 1. The highest BCUT2D eigenvalue weighted by molar-refractivity contribution is 5.80. The van der Waals surface area contributed by atoms with Gasteiger partial charge in [0.15, 0.2) is 0 Å². The van der Waals surface area contributed by atoms with Crippen molar-refractivity contribution in [3.05, 3.63) is 0 Å². The summed E-state index contributed by atoms with van der Waals surface area (Å²) in [5.41, 5.74) is -1.73. The average Bonchev–Trinajstić information content (AvgIpc) is 2.35. The molecule has 1 N–H and O–H groups in total. The predicted octanol–water partition coefficient (Wildman–Crippen LogP) is 1.51. The summed E-state index contributed by atoms with van der Waals surface area (Å²) in [5, 5.41) is 8.36. The van der Waals surface area contributed by atoms with Crippen LogP contribution in [-0.2, 0) is 4.79 Å². The quantitative estimate of drug-likeness (QED) is 0.647. The van der Waals surface area contributed by atoms with Gasteiger partial charge in [0.05, 0.1) is 0 Å². The molecule has 0 amide bonds. The van der Waals surface area contributed by atoms with Gasteiger partial charge in [-0.25, -0.2) is 8.78 Å². The molecule has 4 heteroatoms. The summed E-state index contributed by atoms with van der Waals surface area (Å²) < 4.78 is 24.6. The largest absolute Gasteiger partial charge is 0.481 e. The summed E-state index contributed by atoms with van der Waals surface area (Å²) in [7, 11) is 0. The van der Waals surface area contributed by atoms with Crippen LogP contribution in [0.15, 0.2) is 0 Å². The van der Waals surface area contributed by atoms with Crippen molar-refractivity contribution in [3.63, 3.8) is 0 Å². The zero-order valence-electron chi connectivity index (χ0n) is 5.53. The lowest BCUT2D eigenvalue weighted by molar-refractivity contribution is -0.147. The van der Waals surface area contributed by atoms with Crippen LogP contribution in [0.2, 0.25) is 0 Å². The van der Waals surface area contributed by atoms with E-state index in [-0.39, 0.29) is 6.42 Å². The average molecular weight is 150 g/mol. The number of halogens is 2. The van der Waals surface area contributed by atoms with Crippen LogP contribution >= 0.6 is 0 Å². The van der Waals surface area contributed by atoms with Crippen molar-refractivity contribution in [1.82, 2.24) is 0 Å². The summed E-state index contributed by atoms with van der Waals surface area (Å²) in [6.07, 6.45) is -0.485. The minimum atomic E-state index is -2.96. The first-order valence-corrected chi connectivity index (χ1v) is 3.07. The number of aliphatic carboxylic acids is 1. The molecule has 0 radical (unpaired) electrons. The highest BCUT2D eigenvalue weighted by Gasteiger charge is 2.75. The number of rotatable bonds is 2. The van der Waals surface area contributed by atoms with Crippen molar-refractivity contribution < 1.29 is 18.7 Å². The SMILES string of the molecule is CCC1(C(=O)O)CC1(F)F. The Morgan fingerprint density at radius 2 is 2.10 bits per heavy atom. The van der Waals surface area contributed by atoms with E-state index >= 15 is 0 Å². The third-order valence-corrected chi connectivity index (χ3v) is 2.11. The first-order chi connectivity index (χ1) is 4.46. The van der Waals surface area contributed by atoms with Crippen LogP contribution in [0.5, 0.6) is 0 Å². The van der Waals surface area contributed by atoms with Crippen LogP contribution in [0.4, 0.5) is 8.78 Å². The Hall–Kier alpha value is -0.670. The molecular formula is C6H8F2O2. The fraction of sp³-hybridized carbons (Fsp3) is 0.833. The predicted molar refractivity (Wildman–Crippen MR) is 29.9 cm³/mol. The van der Waals surface area contributed by atoms with Crippen molar-refractivity contribution >= 4 is 5.97 Å². The molecule has 1 aliphatic carbocycles. The highest BCUT2D eigenvalue weighted by atomic mass is 19.3. The second-order valence-corrected chi connectivity index (χ2v) is 2.62. The number of hydrogen-bond acceptors (Lipinski definition) is 1. The smallest absolute Gasteiger partial charge is 0.316 e. The normalized spacial score (nSPS) is 35.5. The summed E-state index contributed by atoms with van der Waals surface area (Å²) >= 11 is 0. The van der Waals surface area contributed by atoms with Crippen LogP contribution in [0.25, 0.3) is 0 Å². The fourth-order valence-electron chi connectivity index (χ4n) is 1.10. The van der Waals surface area contributed by atoms with Crippen LogP contribution in [0.1, 0.15) is 19.8 Å². The molecule has 0 heterocycles. The molecule has 0 saturated heterocycles. The molecule has 0 aromatic carbocycles. The van der Waals surface area contributed by atoms with Crippen molar-refractivity contribution in [2.24, 2.45) is 5.41 Å². The molecule has 1 aliphatic rings. The van der Waals surface area contributed by atoms with Crippen molar-refractivity contribution in [2.75, 3.05) is 0 Å². The van der Waals surface area contributed by atoms with Crippen LogP contribution in [0, 0.1) is 5.41 Å². The van der Waals surface area contributed by atoms with E-state index in [2.05, 4.69) is 0 Å². The maximum absolute atomic E-state index is 12.3. The van der Waals surface area contributed by atoms with Gasteiger partial charge in [-0.15, -0.1) is 0 Å². The lowest BCUT2D eigenvalue weighted by Crippen LogP contribution is -2.21. The minimum absolute atomic E-state index is 0.00926. The molecule has 2 nitrogen and oxygen atoms in total. The Bertz CT molecular complexity index is 179. The molecular weight excluding hydrogens is 142 g/mol. The van der Waals surface area contributed by atoms with Gasteiger partial charge in [-0.05, 0) is 6.42 Å². The van der Waals surface area contributed by atoms with Crippen LogP contribution in [0.3, 0.4) is 0 Å². The van der Waals surface area contributed by atoms with Crippen molar-refractivity contribution in [2.45, 2.75) is 25.7 Å². The molecule has 1 fully saturated rings. The molecule has 0 aromatic rings. The molecule has 0 spiro atoms. The Labute approximate surface area is 56.8 Å². The Kier molecular flexibility index (Phi) is 1.25. The summed E-state index contributed by atoms with van der Waals surface area (Å²) in [6, 6.07) is 0. The summed E-state index contributed by atoms with van der Waals surface area (Å²) in [6.45, 7) is 1.47. The number of carboxylic acids is 1. The van der Waals surface area contributed by atoms with Gasteiger partial charge in [0.1, 0.15) is 5.41 Å². The van der Waals surface area contributed by atoms with E-state index in [1.807, 2.05) is 0 Å². The molecule has 0 bridgehead atoms. The van der Waals surface area contributed by atoms with E-state index in [9.17, 15) is 13.6 Å². The third kappa shape index (κ3) is 0.646. The molecule has 10 heavy (non-hydrogen) atoms. The number of alkyl halides is 2. The minimum Gasteiger partial charge on any atom is -0.481 e. The number of carbonyl (C=O) groups is 1. The first kappa shape index (κ1) is 7.44. The van der Waals surface area contributed by atoms with Gasteiger partial charge < -0.3 is 5.11 Å². The molecule has 0 aromatic heterocycles. The standard InChI is InChI=1S/C6H8F2O2/c1-2-5(4(9)10)3-6(5,7)8/h2-3H2,1H3,(H,9,10). The molecule has 1 atom stereocenters. The monoisotopic (exact) mass is 150 g/mol. The molecule has 1 unspecified atom stereocenters. The zero-order chi connectivity index (χ0) is 7.99. The lowest BCUT2D eigenvalue weighted by Gasteiger charge is -2.05. The van der Waals surface area contributed by atoms with Crippen molar-refractivity contribution in [3.8, 4) is 0 Å². The summed E-state index contributed by atoms with van der Waals surface area (Å²) in [5.74, 6) is -4.34. The van der Waals surface area contributed by atoms with Gasteiger partial charge in [0.2, 0.25) is 0 Å². The fourth-order valence-corrected chi connectivity index (χ4v) is 1.10. The lowest BCUT2D eigenvalue weighted by atomic mass is 10.0. The van der Waals surface area contributed by atoms with Crippen LogP contribution in [-0.4, -0.2) is 17.0 Å². The van der Waals surface area contributed by atoms with Gasteiger partial charge in [-0.3, -0.25) is 4.79 Å². The van der Waals surface area contributed by atoms with E-state index in [0.29, 0.717) is 0 Å². The molecule has 58 valence electrons. The summed E-state index contributed by atoms with van der Waals surface area (Å²) in [4.78, 5) is 10.3. The van der Waals surface area contributed by atoms with Crippen LogP contribution < -0.4 is 0 Å². The maximum atomic E-state index is 12.3. The van der Waals surface area contributed by atoms with E-state index < -0.39 is 23.7 Å². The molecule has 1 rings (SSSR count). The third-order valence-electron chi connectivity index (χ3n) is 2.11. The van der Waals surface area contributed by atoms with E-state index in [1.54, 1.807) is 0 Å². The Balaban J connectivity index is 2.78. The van der Waals surface area contributed by atoms with Gasteiger partial charge in [0, 0.05) is 6.42 Å². The topological polar surface area (TPSA) is 37.3 Å². The maximum Gasteiger partial charge on any atom is 0.316 e. The second kappa shape index (κ2) is 1.68. The van der Waals surface area contributed by atoms with E-state index in [1.165, 1.54) is 6.92 Å². The highest BCUT2D eigenvalue weighted by Crippen LogP contribution is 2.62.